The number of nitriles is 1. The number of nitrogens with zero attached hydrogens (tertiary/aromatic N) is 2. The second kappa shape index (κ2) is 5.89. The Hall–Kier alpha value is -3.60. The molecule has 0 amide bonds. The van der Waals surface area contributed by atoms with Crippen LogP contribution in [0.25, 0.3) is 11.0 Å². The van der Waals surface area contributed by atoms with Crippen LogP contribution in [-0.4, -0.2) is 14.9 Å². The summed E-state index contributed by atoms with van der Waals surface area (Å²) in [6, 6.07) is 11.3. The second-order valence-corrected chi connectivity index (χ2v) is 5.35. The van der Waals surface area contributed by atoms with E-state index in [-0.39, 0.29) is 23.0 Å². The van der Waals surface area contributed by atoms with Crippen molar-refractivity contribution in [3.8, 4) is 6.07 Å². The van der Waals surface area contributed by atoms with Crippen LogP contribution >= 0.6 is 0 Å². The molecule has 0 aliphatic heterocycles. The normalized spacial score (nSPS) is 11.8. The molecule has 3 aromatic rings. The average molecular weight is 323 g/mol. The van der Waals surface area contributed by atoms with Crippen molar-refractivity contribution in [2.75, 3.05) is 5.32 Å². The summed E-state index contributed by atoms with van der Waals surface area (Å²) in [4.78, 5) is 27.3. The standard InChI is InChI=1S/C16H13N5O3/c1-9(11-3-5-12-14(7-11)20-16(22)19-12)18-13-4-2-10(8-17)6-15(13)21(23)24/h2-7,9,18H,1H3,(H2,19,20,22). The molecule has 0 fully saturated rings. The van der Waals surface area contributed by atoms with Gasteiger partial charge < -0.3 is 15.3 Å². The highest BCUT2D eigenvalue weighted by Crippen LogP contribution is 2.29. The lowest BCUT2D eigenvalue weighted by Crippen LogP contribution is -2.08. The summed E-state index contributed by atoms with van der Waals surface area (Å²) in [5.74, 6) is 0. The van der Waals surface area contributed by atoms with Gasteiger partial charge in [-0.3, -0.25) is 10.1 Å². The van der Waals surface area contributed by atoms with Crippen LogP contribution in [0.4, 0.5) is 11.4 Å². The molecule has 8 heteroatoms. The zero-order valence-electron chi connectivity index (χ0n) is 12.7. The number of aromatic nitrogens is 2. The van der Waals surface area contributed by atoms with E-state index in [4.69, 9.17) is 5.26 Å². The molecule has 0 spiro atoms. The van der Waals surface area contributed by atoms with E-state index in [2.05, 4.69) is 15.3 Å². The third-order valence-electron chi connectivity index (χ3n) is 3.74. The van der Waals surface area contributed by atoms with Gasteiger partial charge in [0, 0.05) is 12.1 Å². The van der Waals surface area contributed by atoms with Gasteiger partial charge in [-0.2, -0.15) is 5.26 Å². The van der Waals surface area contributed by atoms with E-state index >= 15 is 0 Å². The smallest absolute Gasteiger partial charge is 0.323 e. The topological polar surface area (TPSA) is 128 Å². The minimum atomic E-state index is -0.525. The molecular weight excluding hydrogens is 310 g/mol. The lowest BCUT2D eigenvalue weighted by atomic mass is 10.1. The molecule has 120 valence electrons. The summed E-state index contributed by atoms with van der Waals surface area (Å²) in [6.45, 7) is 1.86. The fraction of sp³-hybridized carbons (Fsp3) is 0.125. The van der Waals surface area contributed by atoms with Gasteiger partial charge in [-0.15, -0.1) is 0 Å². The predicted octanol–water partition coefficient (Wildman–Crippen LogP) is 2.81. The van der Waals surface area contributed by atoms with Crippen molar-refractivity contribution in [1.29, 1.82) is 5.26 Å². The highest BCUT2D eigenvalue weighted by atomic mass is 16.6. The summed E-state index contributed by atoms with van der Waals surface area (Å²) in [6.07, 6.45) is 0. The van der Waals surface area contributed by atoms with Crippen molar-refractivity contribution in [3.05, 3.63) is 68.1 Å². The van der Waals surface area contributed by atoms with Crippen molar-refractivity contribution < 1.29 is 4.92 Å². The van der Waals surface area contributed by atoms with E-state index in [1.165, 1.54) is 18.2 Å². The van der Waals surface area contributed by atoms with Gasteiger partial charge in [-0.1, -0.05) is 6.07 Å². The summed E-state index contributed by atoms with van der Waals surface area (Å²) < 4.78 is 0. The molecular formula is C16H13N5O3. The van der Waals surface area contributed by atoms with E-state index < -0.39 is 4.92 Å². The maximum Gasteiger partial charge on any atom is 0.323 e. The van der Waals surface area contributed by atoms with Crippen LogP contribution in [0.3, 0.4) is 0 Å². The van der Waals surface area contributed by atoms with E-state index in [1.807, 2.05) is 19.1 Å². The zero-order valence-corrected chi connectivity index (χ0v) is 12.7. The summed E-state index contributed by atoms with van der Waals surface area (Å²) in [5, 5.41) is 23.1. The Morgan fingerprint density at radius 1 is 1.21 bits per heavy atom. The first-order valence-corrected chi connectivity index (χ1v) is 7.15. The third kappa shape index (κ3) is 2.83. The van der Waals surface area contributed by atoms with Crippen LogP contribution in [0.5, 0.6) is 0 Å². The molecule has 24 heavy (non-hydrogen) atoms. The minimum absolute atomic E-state index is 0.156. The van der Waals surface area contributed by atoms with Gasteiger partial charge in [0.25, 0.3) is 5.69 Å². The number of H-pyrrole nitrogens is 2. The Morgan fingerprint density at radius 3 is 2.67 bits per heavy atom. The molecule has 1 atom stereocenters. The fourth-order valence-electron chi connectivity index (χ4n) is 2.51. The summed E-state index contributed by atoms with van der Waals surface area (Å²) in [5.41, 5.74) is 2.33. The van der Waals surface area contributed by atoms with Crippen molar-refractivity contribution >= 4 is 22.4 Å². The Balaban J connectivity index is 1.93. The molecule has 0 saturated heterocycles. The lowest BCUT2D eigenvalue weighted by Gasteiger charge is -2.16. The minimum Gasteiger partial charge on any atom is -0.373 e. The second-order valence-electron chi connectivity index (χ2n) is 5.35. The Kier molecular flexibility index (Phi) is 3.75. The van der Waals surface area contributed by atoms with Crippen molar-refractivity contribution in [1.82, 2.24) is 9.97 Å². The number of rotatable bonds is 4. The van der Waals surface area contributed by atoms with Crippen LogP contribution in [0.15, 0.2) is 41.2 Å². The molecule has 1 heterocycles. The molecule has 0 aliphatic carbocycles. The number of imidazole rings is 1. The number of anilines is 1. The molecule has 1 aromatic heterocycles. The predicted molar refractivity (Wildman–Crippen MR) is 88.8 cm³/mol. The number of benzene rings is 2. The van der Waals surface area contributed by atoms with Crippen LogP contribution in [0, 0.1) is 21.4 Å². The van der Waals surface area contributed by atoms with Gasteiger partial charge in [0.05, 0.1) is 27.6 Å². The average Bonchev–Trinajstić information content (AvgIpc) is 2.93. The van der Waals surface area contributed by atoms with E-state index in [0.29, 0.717) is 16.7 Å². The first kappa shape index (κ1) is 15.3. The van der Waals surface area contributed by atoms with Crippen molar-refractivity contribution in [2.24, 2.45) is 0 Å². The fourth-order valence-corrected chi connectivity index (χ4v) is 2.51. The van der Waals surface area contributed by atoms with Crippen molar-refractivity contribution in [3.63, 3.8) is 0 Å². The maximum atomic E-state index is 11.3. The molecule has 2 aromatic carbocycles. The van der Waals surface area contributed by atoms with Crippen LogP contribution in [-0.2, 0) is 0 Å². The van der Waals surface area contributed by atoms with Crippen LogP contribution in [0.1, 0.15) is 24.1 Å². The molecule has 0 radical (unpaired) electrons. The highest BCUT2D eigenvalue weighted by Gasteiger charge is 2.17. The Morgan fingerprint density at radius 2 is 1.96 bits per heavy atom. The van der Waals surface area contributed by atoms with E-state index in [0.717, 1.165) is 5.56 Å². The van der Waals surface area contributed by atoms with Gasteiger partial charge in [0.1, 0.15) is 5.69 Å². The van der Waals surface area contributed by atoms with Gasteiger partial charge in [0.2, 0.25) is 0 Å². The monoisotopic (exact) mass is 323 g/mol. The highest BCUT2D eigenvalue weighted by molar-refractivity contribution is 5.75. The first-order chi connectivity index (χ1) is 11.5. The largest absolute Gasteiger partial charge is 0.373 e. The third-order valence-corrected chi connectivity index (χ3v) is 3.74. The molecule has 0 bridgehead atoms. The Bertz CT molecular complexity index is 1030. The van der Waals surface area contributed by atoms with E-state index in [9.17, 15) is 14.9 Å². The molecule has 0 aliphatic rings. The van der Waals surface area contributed by atoms with Crippen LogP contribution < -0.4 is 11.0 Å². The van der Waals surface area contributed by atoms with Crippen LogP contribution in [0.2, 0.25) is 0 Å². The SMILES string of the molecule is CC(Nc1ccc(C#N)cc1[N+](=O)[O-])c1ccc2[nH]c(=O)[nH]c2c1. The van der Waals surface area contributed by atoms with Gasteiger partial charge in [0.15, 0.2) is 0 Å². The lowest BCUT2D eigenvalue weighted by molar-refractivity contribution is -0.384. The first-order valence-electron chi connectivity index (χ1n) is 7.15. The van der Waals surface area contributed by atoms with Gasteiger partial charge in [-0.25, -0.2) is 4.79 Å². The number of hydrogen-bond acceptors (Lipinski definition) is 5. The Labute approximate surface area is 135 Å². The molecule has 3 rings (SSSR count). The molecule has 1 unspecified atom stereocenters. The number of nitro benzene ring substituents is 1. The van der Waals surface area contributed by atoms with E-state index in [1.54, 1.807) is 12.1 Å². The van der Waals surface area contributed by atoms with Gasteiger partial charge >= 0.3 is 5.69 Å². The molecule has 3 N–H and O–H groups in total. The maximum absolute atomic E-state index is 11.3. The number of nitrogens with one attached hydrogen (secondary N) is 3. The summed E-state index contributed by atoms with van der Waals surface area (Å²) in [7, 11) is 0. The molecule has 8 nitrogen and oxygen atoms in total. The van der Waals surface area contributed by atoms with Crippen molar-refractivity contribution in [2.45, 2.75) is 13.0 Å². The number of aromatic amines is 2. The zero-order chi connectivity index (χ0) is 17.3. The molecule has 0 saturated carbocycles. The quantitative estimate of drug-likeness (QED) is 0.502. The number of nitro groups is 1. The number of hydrogen-bond donors (Lipinski definition) is 3. The number of fused-ring (bicyclic) bond motifs is 1. The summed E-state index contributed by atoms with van der Waals surface area (Å²) >= 11 is 0. The van der Waals surface area contributed by atoms with Gasteiger partial charge in [-0.05, 0) is 36.8 Å².